The lowest BCUT2D eigenvalue weighted by Crippen LogP contribution is -2.66. The van der Waals surface area contributed by atoms with Crippen molar-refractivity contribution < 1.29 is 14.3 Å². The first-order chi connectivity index (χ1) is 14.1. The van der Waals surface area contributed by atoms with Crippen LogP contribution in [0.25, 0.3) is 0 Å². The maximum absolute atomic E-state index is 12.9. The summed E-state index contributed by atoms with van der Waals surface area (Å²) in [4.78, 5) is 27.9. The highest BCUT2D eigenvalue weighted by Crippen LogP contribution is 2.52. The summed E-state index contributed by atoms with van der Waals surface area (Å²) in [5.41, 5.74) is -0.0458. The summed E-state index contributed by atoms with van der Waals surface area (Å²) in [5, 5.41) is 6.32. The summed E-state index contributed by atoms with van der Waals surface area (Å²) in [5.74, 6) is 1.25. The molecule has 0 radical (unpaired) electrons. The summed E-state index contributed by atoms with van der Waals surface area (Å²) in [7, 11) is 0. The number of nitrogens with zero attached hydrogens (tertiary/aromatic N) is 1. The number of hydrogen-bond acceptors (Lipinski definition) is 4. The van der Waals surface area contributed by atoms with E-state index in [2.05, 4.69) is 29.4 Å². The molecule has 29 heavy (non-hydrogen) atoms. The largest absolute Gasteiger partial charge is 0.467 e. The van der Waals surface area contributed by atoms with E-state index in [1.165, 1.54) is 0 Å². The normalized spacial score (nSPS) is 30.0. The number of benzene rings is 1. The number of fused-ring (bicyclic) bond motifs is 3. The van der Waals surface area contributed by atoms with E-state index in [1.54, 1.807) is 6.07 Å². The van der Waals surface area contributed by atoms with Crippen molar-refractivity contribution in [3.8, 4) is 5.75 Å². The van der Waals surface area contributed by atoms with Gasteiger partial charge in [0.25, 0.3) is 5.91 Å². The van der Waals surface area contributed by atoms with Gasteiger partial charge in [-0.3, -0.25) is 9.59 Å². The molecule has 1 aromatic carbocycles. The predicted octanol–water partition coefficient (Wildman–Crippen LogP) is 2.79. The third-order valence-electron chi connectivity index (χ3n) is 7.15. The monoisotopic (exact) mass is 399 g/mol. The molecule has 6 heteroatoms. The fourth-order valence-corrected chi connectivity index (χ4v) is 5.47. The number of hydrogen-bond donors (Lipinski definition) is 2. The van der Waals surface area contributed by atoms with Crippen LogP contribution in [-0.2, 0) is 4.79 Å². The smallest absolute Gasteiger partial charge is 0.258 e. The van der Waals surface area contributed by atoms with Crippen LogP contribution in [-0.4, -0.2) is 48.6 Å². The quantitative estimate of drug-likeness (QED) is 0.692. The van der Waals surface area contributed by atoms with E-state index in [1.807, 2.05) is 18.2 Å². The Hall–Kier alpha value is -2.08. The van der Waals surface area contributed by atoms with Crippen LogP contribution in [0.3, 0.4) is 0 Å². The molecule has 2 N–H and O–H groups in total. The van der Waals surface area contributed by atoms with E-state index < -0.39 is 5.72 Å². The van der Waals surface area contributed by atoms with Crippen LogP contribution in [0.4, 0.5) is 0 Å². The lowest BCUT2D eigenvalue weighted by molar-refractivity contribution is -0.146. The fraction of sp³-hybridized carbons (Fsp3) is 0.652. The molecule has 1 heterocycles. The van der Waals surface area contributed by atoms with Gasteiger partial charge in [-0.05, 0) is 63.4 Å². The maximum atomic E-state index is 12.9. The van der Waals surface area contributed by atoms with Crippen molar-refractivity contribution in [1.82, 2.24) is 15.5 Å². The van der Waals surface area contributed by atoms with Gasteiger partial charge in [0.15, 0.2) is 5.72 Å². The van der Waals surface area contributed by atoms with Crippen molar-refractivity contribution in [2.75, 3.05) is 26.2 Å². The van der Waals surface area contributed by atoms with Crippen LogP contribution in [0.15, 0.2) is 24.3 Å². The molecule has 3 saturated carbocycles. The first-order valence-corrected chi connectivity index (χ1v) is 11.2. The van der Waals surface area contributed by atoms with Gasteiger partial charge in [0.1, 0.15) is 5.75 Å². The molecule has 0 saturated heterocycles. The second kappa shape index (κ2) is 8.34. The molecule has 0 unspecified atom stereocenters. The van der Waals surface area contributed by atoms with E-state index >= 15 is 0 Å². The number of carbonyl (C=O) groups is 2. The molecule has 3 fully saturated rings. The van der Waals surface area contributed by atoms with Gasteiger partial charge in [0.05, 0.1) is 5.56 Å². The average molecular weight is 400 g/mol. The average Bonchev–Trinajstić information content (AvgIpc) is 2.74. The van der Waals surface area contributed by atoms with Crippen molar-refractivity contribution >= 4 is 11.8 Å². The fourth-order valence-electron chi connectivity index (χ4n) is 5.47. The molecule has 0 aromatic heterocycles. The summed E-state index contributed by atoms with van der Waals surface area (Å²) in [6, 6.07) is 7.43. The van der Waals surface area contributed by atoms with Crippen molar-refractivity contribution in [3.05, 3.63) is 29.8 Å². The zero-order valence-electron chi connectivity index (χ0n) is 17.6. The van der Waals surface area contributed by atoms with Crippen LogP contribution in [0.2, 0.25) is 0 Å². The number of nitrogens with one attached hydrogen (secondary N) is 2. The number of carbonyl (C=O) groups excluding carboxylic acids is 2. The first kappa shape index (κ1) is 20.2. The first-order valence-electron chi connectivity index (χ1n) is 11.2. The molecule has 4 atom stereocenters. The van der Waals surface area contributed by atoms with Gasteiger partial charge in [-0.25, -0.2) is 0 Å². The molecular weight excluding hydrogens is 366 g/mol. The summed E-state index contributed by atoms with van der Waals surface area (Å²) in [6.07, 6.45) is 4.52. The van der Waals surface area contributed by atoms with E-state index in [4.69, 9.17) is 4.74 Å². The van der Waals surface area contributed by atoms with E-state index in [0.29, 0.717) is 11.3 Å². The van der Waals surface area contributed by atoms with E-state index in [-0.39, 0.29) is 29.6 Å². The van der Waals surface area contributed by atoms with Crippen LogP contribution < -0.4 is 15.4 Å². The van der Waals surface area contributed by atoms with Crippen LogP contribution in [0.5, 0.6) is 5.75 Å². The molecule has 2 bridgehead atoms. The van der Waals surface area contributed by atoms with Gasteiger partial charge in [0, 0.05) is 24.8 Å². The minimum atomic E-state index is -0.645. The molecule has 6 nitrogen and oxygen atoms in total. The zero-order chi connectivity index (χ0) is 20.4. The molecule has 1 aromatic rings. The Morgan fingerprint density at radius 3 is 2.79 bits per heavy atom. The van der Waals surface area contributed by atoms with Crippen LogP contribution in [0, 0.1) is 17.8 Å². The standard InChI is InChI=1S/C23H33N3O3/c1-3-26(4-2)13-7-12-24-21(27)19-14-17-11-10-16(19)15-23(17)25-22(28)18-8-5-6-9-20(18)29-23/h5-6,8-9,16-17,19H,3-4,7,10-15H2,1-2H3,(H,24,27)(H,25,28)/t16-,17+,19-,23-/m0/s1. The predicted molar refractivity (Wildman–Crippen MR) is 112 cm³/mol. The van der Waals surface area contributed by atoms with Gasteiger partial charge >= 0.3 is 0 Å². The van der Waals surface area contributed by atoms with Crippen molar-refractivity contribution in [1.29, 1.82) is 0 Å². The second-order valence-electron chi connectivity index (χ2n) is 8.69. The summed E-state index contributed by atoms with van der Waals surface area (Å²) in [6.45, 7) is 8.19. The van der Waals surface area contributed by atoms with Crippen LogP contribution in [0.1, 0.15) is 56.3 Å². The van der Waals surface area contributed by atoms with E-state index in [9.17, 15) is 9.59 Å². The molecule has 1 spiro atoms. The minimum Gasteiger partial charge on any atom is -0.467 e. The number of ether oxygens (including phenoxy) is 1. The second-order valence-corrected chi connectivity index (χ2v) is 8.69. The molecule has 5 rings (SSSR count). The third kappa shape index (κ3) is 3.87. The highest BCUT2D eigenvalue weighted by molar-refractivity contribution is 5.98. The number of amides is 2. The van der Waals surface area contributed by atoms with Crippen molar-refractivity contribution in [3.63, 3.8) is 0 Å². The highest BCUT2D eigenvalue weighted by atomic mass is 16.5. The molecule has 158 valence electrons. The zero-order valence-corrected chi connectivity index (χ0v) is 17.6. The summed E-state index contributed by atoms with van der Waals surface area (Å²) >= 11 is 0. The van der Waals surface area contributed by atoms with Gasteiger partial charge in [-0.2, -0.15) is 0 Å². The number of rotatable bonds is 7. The lowest BCUT2D eigenvalue weighted by Gasteiger charge is -2.55. The Morgan fingerprint density at radius 2 is 2.07 bits per heavy atom. The molecule has 3 aliphatic carbocycles. The minimum absolute atomic E-state index is 0.0329. The van der Waals surface area contributed by atoms with Crippen molar-refractivity contribution in [2.45, 2.75) is 51.7 Å². The molecule has 1 aliphatic heterocycles. The topological polar surface area (TPSA) is 70.7 Å². The Labute approximate surface area is 173 Å². The Kier molecular flexibility index (Phi) is 5.81. The highest BCUT2D eigenvalue weighted by Gasteiger charge is 2.57. The van der Waals surface area contributed by atoms with Crippen molar-refractivity contribution in [2.24, 2.45) is 17.8 Å². The number of para-hydroxylation sites is 1. The van der Waals surface area contributed by atoms with Gasteiger partial charge < -0.3 is 20.3 Å². The lowest BCUT2D eigenvalue weighted by atomic mass is 9.60. The molecular formula is C23H33N3O3. The van der Waals surface area contributed by atoms with Crippen LogP contribution >= 0.6 is 0 Å². The Bertz CT molecular complexity index is 763. The Balaban J connectivity index is 1.36. The van der Waals surface area contributed by atoms with E-state index in [0.717, 1.165) is 58.3 Å². The summed E-state index contributed by atoms with van der Waals surface area (Å²) < 4.78 is 6.37. The van der Waals surface area contributed by atoms with Gasteiger partial charge in [-0.1, -0.05) is 26.0 Å². The molecule has 4 aliphatic rings. The maximum Gasteiger partial charge on any atom is 0.258 e. The SMILES string of the molecule is CCN(CC)CCCNC(=O)[C@H]1C[C@H]2CC[C@H]1C[C@@]21NC(=O)c2ccccc2O1. The van der Waals surface area contributed by atoms with Gasteiger partial charge in [0.2, 0.25) is 5.91 Å². The Morgan fingerprint density at radius 1 is 1.28 bits per heavy atom. The third-order valence-corrected chi connectivity index (χ3v) is 7.15. The molecule has 2 amide bonds. The van der Waals surface area contributed by atoms with Gasteiger partial charge in [-0.15, -0.1) is 0 Å².